The van der Waals surface area contributed by atoms with Crippen LogP contribution >= 0.6 is 22.9 Å². The van der Waals surface area contributed by atoms with E-state index in [-0.39, 0.29) is 23.9 Å². The van der Waals surface area contributed by atoms with Crippen LogP contribution in [0.5, 0.6) is 5.75 Å². The molecule has 1 aliphatic carbocycles. The van der Waals surface area contributed by atoms with Crippen molar-refractivity contribution in [1.29, 1.82) is 0 Å². The van der Waals surface area contributed by atoms with Gasteiger partial charge in [-0.15, -0.1) is 11.3 Å². The van der Waals surface area contributed by atoms with Crippen LogP contribution in [-0.2, 0) is 22.4 Å². The van der Waals surface area contributed by atoms with E-state index in [1.165, 1.54) is 15.1 Å². The van der Waals surface area contributed by atoms with Crippen LogP contribution in [0.1, 0.15) is 30.7 Å². The third-order valence-corrected chi connectivity index (χ3v) is 8.98. The second kappa shape index (κ2) is 8.51. The van der Waals surface area contributed by atoms with E-state index >= 15 is 0 Å². The molecule has 8 nitrogen and oxygen atoms in total. The molecule has 178 valence electrons. The number of methoxy groups -OCH3 is 1. The van der Waals surface area contributed by atoms with Gasteiger partial charge in [0.1, 0.15) is 22.7 Å². The Bertz CT molecular complexity index is 1370. The number of carbonyl (C=O) groups is 1. The second-order valence-electron chi connectivity index (χ2n) is 9.20. The number of carbonyl (C=O) groups excluding carboxylic acids is 1. The molecule has 1 amide bonds. The summed E-state index contributed by atoms with van der Waals surface area (Å²) in [5, 5.41) is 4.57. The number of thiophene rings is 1. The molecule has 3 atom stereocenters. The van der Waals surface area contributed by atoms with Gasteiger partial charge in [-0.3, -0.25) is 4.79 Å². The zero-order valence-electron chi connectivity index (χ0n) is 19.4. The molecule has 4 aromatic rings. The van der Waals surface area contributed by atoms with Gasteiger partial charge in [0.15, 0.2) is 0 Å². The molecule has 1 aliphatic heterocycles. The highest BCUT2D eigenvalue weighted by Gasteiger charge is 2.36. The van der Waals surface area contributed by atoms with Crippen molar-refractivity contribution in [2.75, 3.05) is 25.6 Å². The first-order valence-electron chi connectivity index (χ1n) is 11.6. The van der Waals surface area contributed by atoms with Gasteiger partial charge in [-0.25, -0.2) is 9.97 Å². The number of hydrogen-bond donors (Lipinski definition) is 2. The summed E-state index contributed by atoms with van der Waals surface area (Å²) in [5.41, 5.74) is 3.23. The second-order valence-corrected chi connectivity index (χ2v) is 11.1. The maximum Gasteiger partial charge on any atom is 0.226 e. The highest BCUT2D eigenvalue weighted by molar-refractivity contribution is 7.19. The summed E-state index contributed by atoms with van der Waals surface area (Å²) in [7, 11) is 1.67. The van der Waals surface area contributed by atoms with Crippen molar-refractivity contribution >= 4 is 60.7 Å². The molecule has 0 saturated carbocycles. The fraction of sp³-hybridized carbons (Fsp3) is 0.458. The predicted octanol–water partition coefficient (Wildman–Crippen LogP) is 4.73. The molecule has 1 fully saturated rings. The molecule has 6 rings (SSSR count). The number of nitrogens with zero attached hydrogens (tertiary/aromatic N) is 3. The molecule has 0 radical (unpaired) electrons. The number of rotatable bonds is 4. The number of anilines is 2. The highest BCUT2D eigenvalue weighted by Crippen LogP contribution is 2.42. The largest absolute Gasteiger partial charge is 0.494 e. The standard InChI is InChI=1S/C24H27N5O3S2/c1-12-9-32-10-13(2)29(12)24(30)14-4-5-15-19(6-14)33-23-21(15)22(25-11-26-23)27-16-8-20-17(28-34-20)7-18(16)31-3/h7-8,11-14,28H,4-6,9-10H2,1-3H3,(H,25,26,27). The Hall–Kier alpha value is -2.69. The van der Waals surface area contributed by atoms with E-state index in [9.17, 15) is 4.79 Å². The number of amides is 1. The number of benzene rings is 1. The topological polar surface area (TPSA) is 92.4 Å². The lowest BCUT2D eigenvalue weighted by atomic mass is 9.86. The molecular formula is C24H27N5O3S2. The summed E-state index contributed by atoms with van der Waals surface area (Å²) in [6, 6.07) is 4.32. The summed E-state index contributed by atoms with van der Waals surface area (Å²) < 4.78 is 15.6. The lowest BCUT2D eigenvalue weighted by molar-refractivity contribution is -0.149. The first-order valence-corrected chi connectivity index (χ1v) is 13.2. The molecule has 4 heterocycles. The van der Waals surface area contributed by atoms with Gasteiger partial charge in [-0.05, 0) is 44.7 Å². The minimum absolute atomic E-state index is 0.00510. The normalized spacial score (nSPS) is 22.8. The minimum atomic E-state index is 0.00510. The summed E-state index contributed by atoms with van der Waals surface area (Å²) >= 11 is 3.29. The highest BCUT2D eigenvalue weighted by atomic mass is 32.1. The van der Waals surface area contributed by atoms with Crippen LogP contribution < -0.4 is 10.1 Å². The number of fused-ring (bicyclic) bond motifs is 4. The maximum atomic E-state index is 13.5. The first-order chi connectivity index (χ1) is 16.5. The van der Waals surface area contributed by atoms with Crippen LogP contribution in [0.4, 0.5) is 11.5 Å². The van der Waals surface area contributed by atoms with Crippen molar-refractivity contribution < 1.29 is 14.3 Å². The Balaban J connectivity index is 1.31. The van der Waals surface area contributed by atoms with E-state index in [0.717, 1.165) is 52.3 Å². The Morgan fingerprint density at radius 2 is 2.09 bits per heavy atom. The van der Waals surface area contributed by atoms with E-state index in [4.69, 9.17) is 9.47 Å². The van der Waals surface area contributed by atoms with Crippen LogP contribution in [0.2, 0.25) is 0 Å². The summed E-state index contributed by atoms with van der Waals surface area (Å²) in [5.74, 6) is 1.82. The van der Waals surface area contributed by atoms with E-state index in [0.29, 0.717) is 13.2 Å². The third-order valence-electron chi connectivity index (χ3n) is 6.94. The molecule has 10 heteroatoms. The number of ether oxygens (including phenoxy) is 2. The molecular weight excluding hydrogens is 470 g/mol. The Kier molecular flexibility index (Phi) is 5.46. The third kappa shape index (κ3) is 3.55. The van der Waals surface area contributed by atoms with Gasteiger partial charge in [0.25, 0.3) is 0 Å². The number of nitrogens with one attached hydrogen (secondary N) is 2. The Labute approximate surface area is 205 Å². The lowest BCUT2D eigenvalue weighted by Crippen LogP contribution is -2.54. The number of aryl methyl sites for hydroxylation is 1. The van der Waals surface area contributed by atoms with E-state index in [2.05, 4.69) is 39.6 Å². The van der Waals surface area contributed by atoms with Crippen LogP contribution in [0.3, 0.4) is 0 Å². The Morgan fingerprint density at radius 1 is 1.26 bits per heavy atom. The van der Waals surface area contributed by atoms with E-state index < -0.39 is 0 Å². The monoisotopic (exact) mass is 497 g/mol. The Morgan fingerprint density at radius 3 is 2.82 bits per heavy atom. The number of aromatic amines is 1. The number of morpholine rings is 1. The smallest absolute Gasteiger partial charge is 0.226 e. The van der Waals surface area contributed by atoms with Crippen molar-refractivity contribution in [3.63, 3.8) is 0 Å². The summed E-state index contributed by atoms with van der Waals surface area (Å²) in [4.78, 5) is 26.9. The van der Waals surface area contributed by atoms with Crippen LogP contribution in [0, 0.1) is 5.92 Å². The fourth-order valence-electron chi connectivity index (χ4n) is 5.25. The minimum Gasteiger partial charge on any atom is -0.494 e. The van der Waals surface area contributed by atoms with Crippen LogP contribution in [-0.4, -0.2) is 57.6 Å². The fourth-order valence-corrected chi connectivity index (χ4v) is 7.15. The average Bonchev–Trinajstić information content (AvgIpc) is 3.19. The molecule has 0 bridgehead atoms. The van der Waals surface area contributed by atoms with Crippen molar-refractivity contribution in [2.24, 2.45) is 5.92 Å². The average molecular weight is 498 g/mol. The van der Waals surface area contributed by atoms with Gasteiger partial charge in [-0.2, -0.15) is 0 Å². The first kappa shape index (κ1) is 21.8. The quantitative estimate of drug-likeness (QED) is 0.424. The van der Waals surface area contributed by atoms with Gasteiger partial charge >= 0.3 is 0 Å². The molecule has 1 saturated heterocycles. The zero-order chi connectivity index (χ0) is 23.4. The van der Waals surface area contributed by atoms with Gasteiger partial charge in [-0.1, -0.05) is 11.5 Å². The molecule has 2 N–H and O–H groups in total. The number of H-pyrrole nitrogens is 1. The van der Waals surface area contributed by atoms with Crippen molar-refractivity contribution in [1.82, 2.24) is 19.2 Å². The van der Waals surface area contributed by atoms with Gasteiger partial charge in [0, 0.05) is 16.9 Å². The van der Waals surface area contributed by atoms with Crippen molar-refractivity contribution in [2.45, 2.75) is 45.2 Å². The van der Waals surface area contributed by atoms with Crippen molar-refractivity contribution in [3.8, 4) is 5.75 Å². The molecule has 34 heavy (non-hydrogen) atoms. The van der Waals surface area contributed by atoms with Crippen molar-refractivity contribution in [3.05, 3.63) is 28.9 Å². The molecule has 3 aromatic heterocycles. The predicted molar refractivity (Wildman–Crippen MR) is 136 cm³/mol. The lowest BCUT2D eigenvalue weighted by Gasteiger charge is -2.41. The van der Waals surface area contributed by atoms with Gasteiger partial charge in [0.2, 0.25) is 5.91 Å². The van der Waals surface area contributed by atoms with E-state index in [1.54, 1.807) is 36.3 Å². The van der Waals surface area contributed by atoms with Crippen LogP contribution in [0.15, 0.2) is 18.5 Å². The van der Waals surface area contributed by atoms with E-state index in [1.807, 2.05) is 11.0 Å². The molecule has 2 aliphatic rings. The molecule has 1 aromatic carbocycles. The van der Waals surface area contributed by atoms with Crippen LogP contribution in [0.25, 0.3) is 20.4 Å². The maximum absolute atomic E-state index is 13.5. The molecule has 0 spiro atoms. The number of hydrogen-bond acceptors (Lipinski definition) is 8. The zero-order valence-corrected chi connectivity index (χ0v) is 21.0. The van der Waals surface area contributed by atoms with Gasteiger partial charge < -0.3 is 24.1 Å². The van der Waals surface area contributed by atoms with Gasteiger partial charge in [0.05, 0.1) is 53.7 Å². The summed E-state index contributed by atoms with van der Waals surface area (Å²) in [6.45, 7) is 5.38. The SMILES string of the molecule is COc1cc2[nH]sc2cc1Nc1ncnc2sc3c(c12)CCC(C(=O)N1C(C)COCC1C)C3. The molecule has 3 unspecified atom stereocenters. The summed E-state index contributed by atoms with van der Waals surface area (Å²) in [6.07, 6.45) is 4.06. The number of aromatic nitrogens is 3.